The smallest absolute Gasteiger partial charge is 0.229 e. The van der Waals surface area contributed by atoms with Gasteiger partial charge in [0.25, 0.3) is 0 Å². The molecular weight excluding hydrogens is 240 g/mol. The van der Waals surface area contributed by atoms with Crippen LogP contribution in [0.1, 0.15) is 49.4 Å². The minimum absolute atomic E-state index is 0.528. The van der Waals surface area contributed by atoms with Crippen LogP contribution in [-0.2, 0) is 13.1 Å². The normalized spacial score (nSPS) is 15.0. The van der Waals surface area contributed by atoms with Crippen molar-refractivity contribution < 1.29 is 4.52 Å². The summed E-state index contributed by atoms with van der Waals surface area (Å²) in [6.45, 7) is 4.83. The minimum atomic E-state index is 0.528. The Bertz CT molecular complexity index is 527. The van der Waals surface area contributed by atoms with E-state index in [1.54, 1.807) is 0 Å². The molecule has 5 nitrogen and oxygen atoms in total. The highest BCUT2D eigenvalue weighted by atomic mass is 16.5. The molecule has 0 bridgehead atoms. The summed E-state index contributed by atoms with van der Waals surface area (Å²) in [6, 6.07) is 2.13. The van der Waals surface area contributed by atoms with Crippen LogP contribution in [0.15, 0.2) is 23.0 Å². The lowest BCUT2D eigenvalue weighted by Crippen LogP contribution is -2.13. The zero-order valence-corrected chi connectivity index (χ0v) is 11.3. The van der Waals surface area contributed by atoms with E-state index in [0.717, 1.165) is 31.2 Å². The maximum absolute atomic E-state index is 5.26. The average Bonchev–Trinajstić information content (AvgIpc) is 3.00. The van der Waals surface area contributed by atoms with Gasteiger partial charge in [-0.3, -0.25) is 0 Å². The van der Waals surface area contributed by atoms with Crippen molar-refractivity contribution in [1.82, 2.24) is 20.0 Å². The Balaban J connectivity index is 1.56. The fraction of sp³-hybridized carbons (Fsp3) is 0.571. The lowest BCUT2D eigenvalue weighted by atomic mass is 10.3. The molecule has 19 heavy (non-hydrogen) atoms. The monoisotopic (exact) mass is 260 g/mol. The van der Waals surface area contributed by atoms with Gasteiger partial charge in [-0.15, -0.1) is 0 Å². The van der Waals surface area contributed by atoms with Crippen molar-refractivity contribution in [1.29, 1.82) is 0 Å². The molecular formula is C14H20N4O. The summed E-state index contributed by atoms with van der Waals surface area (Å²) < 4.78 is 7.36. The second-order valence-corrected chi connectivity index (χ2v) is 5.19. The highest BCUT2D eigenvalue weighted by Crippen LogP contribution is 2.38. The maximum atomic E-state index is 5.26. The minimum Gasteiger partial charge on any atom is -0.346 e. The fourth-order valence-corrected chi connectivity index (χ4v) is 2.09. The Morgan fingerprint density at radius 2 is 2.37 bits per heavy atom. The van der Waals surface area contributed by atoms with Crippen LogP contribution in [0.2, 0.25) is 0 Å². The molecule has 0 unspecified atom stereocenters. The first-order chi connectivity index (χ1) is 9.35. The van der Waals surface area contributed by atoms with E-state index in [1.165, 1.54) is 18.4 Å². The SMILES string of the molecule is CCCNCc1ccn(Cc2noc(C3CC3)n2)c1. The molecule has 1 fully saturated rings. The first kappa shape index (κ1) is 12.4. The topological polar surface area (TPSA) is 55.9 Å². The first-order valence-corrected chi connectivity index (χ1v) is 7.03. The number of hydrogen-bond acceptors (Lipinski definition) is 4. The van der Waals surface area contributed by atoms with Crippen molar-refractivity contribution >= 4 is 0 Å². The summed E-state index contributed by atoms with van der Waals surface area (Å²) in [5.74, 6) is 2.11. The van der Waals surface area contributed by atoms with Crippen LogP contribution in [0.25, 0.3) is 0 Å². The summed E-state index contributed by atoms with van der Waals surface area (Å²) in [6.07, 6.45) is 7.75. The summed E-state index contributed by atoms with van der Waals surface area (Å²) in [4.78, 5) is 4.44. The van der Waals surface area contributed by atoms with Crippen molar-refractivity contribution in [2.45, 2.75) is 45.2 Å². The van der Waals surface area contributed by atoms with E-state index in [9.17, 15) is 0 Å². The van der Waals surface area contributed by atoms with Gasteiger partial charge < -0.3 is 14.4 Å². The molecule has 2 aromatic heterocycles. The van der Waals surface area contributed by atoms with Gasteiger partial charge in [0.15, 0.2) is 5.82 Å². The third kappa shape index (κ3) is 3.23. The highest BCUT2D eigenvalue weighted by Gasteiger charge is 2.29. The van der Waals surface area contributed by atoms with E-state index in [2.05, 4.69) is 45.4 Å². The molecule has 3 rings (SSSR count). The predicted molar refractivity (Wildman–Crippen MR) is 71.8 cm³/mol. The second kappa shape index (κ2) is 5.57. The first-order valence-electron chi connectivity index (χ1n) is 7.03. The predicted octanol–water partition coefficient (Wildman–Crippen LogP) is 2.30. The third-order valence-corrected chi connectivity index (χ3v) is 3.30. The van der Waals surface area contributed by atoms with E-state index in [4.69, 9.17) is 4.52 Å². The zero-order chi connectivity index (χ0) is 13.1. The maximum Gasteiger partial charge on any atom is 0.229 e. The number of hydrogen-bond donors (Lipinski definition) is 1. The summed E-state index contributed by atoms with van der Waals surface area (Å²) in [5.41, 5.74) is 1.29. The van der Waals surface area contributed by atoms with E-state index in [-0.39, 0.29) is 0 Å². The van der Waals surface area contributed by atoms with Gasteiger partial charge in [0, 0.05) is 24.9 Å². The quantitative estimate of drug-likeness (QED) is 0.776. The molecule has 1 aliphatic rings. The molecule has 0 spiro atoms. The fourth-order valence-electron chi connectivity index (χ4n) is 2.09. The molecule has 0 saturated heterocycles. The summed E-state index contributed by atoms with van der Waals surface area (Å²) in [7, 11) is 0. The van der Waals surface area contributed by atoms with E-state index >= 15 is 0 Å². The molecule has 1 saturated carbocycles. The van der Waals surface area contributed by atoms with Crippen LogP contribution in [0.3, 0.4) is 0 Å². The van der Waals surface area contributed by atoms with Gasteiger partial charge in [-0.05, 0) is 37.4 Å². The van der Waals surface area contributed by atoms with Gasteiger partial charge in [-0.25, -0.2) is 0 Å². The van der Waals surface area contributed by atoms with Gasteiger partial charge in [0.2, 0.25) is 5.89 Å². The molecule has 102 valence electrons. The van der Waals surface area contributed by atoms with Crippen molar-refractivity contribution in [2.24, 2.45) is 0 Å². The van der Waals surface area contributed by atoms with Crippen molar-refractivity contribution in [3.05, 3.63) is 35.7 Å². The molecule has 0 atom stereocenters. The molecule has 1 aliphatic carbocycles. The van der Waals surface area contributed by atoms with Gasteiger partial charge >= 0.3 is 0 Å². The van der Waals surface area contributed by atoms with Crippen LogP contribution in [-0.4, -0.2) is 21.3 Å². The van der Waals surface area contributed by atoms with Gasteiger partial charge in [-0.2, -0.15) is 4.98 Å². The van der Waals surface area contributed by atoms with Crippen LogP contribution < -0.4 is 5.32 Å². The average molecular weight is 260 g/mol. The third-order valence-electron chi connectivity index (χ3n) is 3.30. The van der Waals surface area contributed by atoms with Crippen LogP contribution >= 0.6 is 0 Å². The van der Waals surface area contributed by atoms with Crippen LogP contribution in [0.4, 0.5) is 0 Å². The number of nitrogens with one attached hydrogen (secondary N) is 1. The molecule has 1 N–H and O–H groups in total. The van der Waals surface area contributed by atoms with E-state index in [0.29, 0.717) is 12.5 Å². The lowest BCUT2D eigenvalue weighted by molar-refractivity contribution is 0.373. The molecule has 2 aromatic rings. The van der Waals surface area contributed by atoms with E-state index in [1.807, 2.05) is 0 Å². The van der Waals surface area contributed by atoms with Gasteiger partial charge in [0.05, 0.1) is 6.54 Å². The van der Waals surface area contributed by atoms with Crippen LogP contribution in [0.5, 0.6) is 0 Å². The highest BCUT2D eigenvalue weighted by molar-refractivity contribution is 5.11. The second-order valence-electron chi connectivity index (χ2n) is 5.19. The van der Waals surface area contributed by atoms with E-state index < -0.39 is 0 Å². The summed E-state index contributed by atoms with van der Waals surface area (Å²) in [5, 5.41) is 7.43. The molecule has 0 aromatic carbocycles. The molecule has 2 heterocycles. The lowest BCUT2D eigenvalue weighted by Gasteiger charge is -2.00. The Hall–Kier alpha value is -1.62. The van der Waals surface area contributed by atoms with Gasteiger partial charge in [-0.1, -0.05) is 12.1 Å². The number of rotatable bonds is 7. The van der Waals surface area contributed by atoms with Crippen molar-refractivity contribution in [3.63, 3.8) is 0 Å². The largest absolute Gasteiger partial charge is 0.346 e. The van der Waals surface area contributed by atoms with Crippen molar-refractivity contribution in [3.8, 4) is 0 Å². The molecule has 0 aliphatic heterocycles. The molecule has 0 radical (unpaired) electrons. The Morgan fingerprint density at radius 3 is 3.16 bits per heavy atom. The molecule has 0 amide bonds. The summed E-state index contributed by atoms with van der Waals surface area (Å²) >= 11 is 0. The molecule has 5 heteroatoms. The number of nitrogens with zero attached hydrogens (tertiary/aromatic N) is 3. The Kier molecular flexibility index (Phi) is 3.64. The number of aromatic nitrogens is 3. The Morgan fingerprint density at radius 1 is 1.47 bits per heavy atom. The standard InChI is InChI=1S/C14H20N4O/c1-2-6-15-8-11-5-7-18(9-11)10-13-16-14(19-17-13)12-3-4-12/h5,7,9,12,15H,2-4,6,8,10H2,1H3. The van der Waals surface area contributed by atoms with Crippen LogP contribution in [0, 0.1) is 0 Å². The zero-order valence-electron chi connectivity index (χ0n) is 11.3. The van der Waals surface area contributed by atoms with Gasteiger partial charge in [0.1, 0.15) is 0 Å². The Labute approximate surface area is 113 Å². The van der Waals surface area contributed by atoms with Crippen molar-refractivity contribution in [2.75, 3.05) is 6.54 Å².